The molecule has 0 aromatic carbocycles. The molecule has 4 aliphatic rings. The van der Waals surface area contributed by atoms with Crippen molar-refractivity contribution in [2.75, 3.05) is 12.4 Å². The van der Waals surface area contributed by atoms with Crippen molar-refractivity contribution in [3.05, 3.63) is 11.6 Å². The molecular weight excluding hydrogens is 424 g/mol. The second kappa shape index (κ2) is 10.6. The lowest BCUT2D eigenvalue weighted by Gasteiger charge is -2.58. The highest BCUT2D eigenvalue weighted by atomic mass is 32.1. The first kappa shape index (κ1) is 26.1. The molecule has 0 aromatic heterocycles. The summed E-state index contributed by atoms with van der Waals surface area (Å²) in [6.07, 6.45) is 17.4. The van der Waals surface area contributed by atoms with E-state index in [4.69, 9.17) is 4.74 Å². The van der Waals surface area contributed by atoms with E-state index in [1.54, 1.807) is 5.57 Å². The highest BCUT2D eigenvalue weighted by molar-refractivity contribution is 7.80. The van der Waals surface area contributed by atoms with Gasteiger partial charge in [-0.1, -0.05) is 65.5 Å². The number of fused-ring (bicyclic) bond motifs is 5. The van der Waals surface area contributed by atoms with E-state index in [0.717, 1.165) is 48.3 Å². The maximum absolute atomic E-state index is 9.85. The zero-order valence-electron chi connectivity index (χ0n) is 22.2. The van der Waals surface area contributed by atoms with Crippen molar-refractivity contribution in [1.82, 2.24) is 0 Å². The van der Waals surface area contributed by atoms with E-state index in [1.807, 2.05) is 0 Å². The summed E-state index contributed by atoms with van der Waals surface area (Å²) < 4.78 is 6.10. The molecule has 3 fully saturated rings. The van der Waals surface area contributed by atoms with Crippen LogP contribution in [0.3, 0.4) is 0 Å². The maximum atomic E-state index is 9.85. The number of hydrogen-bond acceptors (Lipinski definition) is 3. The summed E-state index contributed by atoms with van der Waals surface area (Å²) in [5.41, 5.74) is 2.64. The summed E-state index contributed by atoms with van der Waals surface area (Å²) >= 11 is 4.19. The number of ether oxygens (including phenoxy) is 1. The van der Waals surface area contributed by atoms with Crippen LogP contribution >= 0.6 is 12.6 Å². The van der Waals surface area contributed by atoms with Crippen LogP contribution in [0.4, 0.5) is 0 Å². The Bertz CT molecular complexity index is 689. The topological polar surface area (TPSA) is 29.5 Å². The zero-order chi connectivity index (χ0) is 23.8. The lowest BCUT2D eigenvalue weighted by Crippen LogP contribution is -2.51. The quantitative estimate of drug-likeness (QED) is 0.264. The van der Waals surface area contributed by atoms with Crippen molar-refractivity contribution in [2.45, 2.75) is 117 Å². The van der Waals surface area contributed by atoms with Gasteiger partial charge in [0.15, 0.2) is 0 Å². The van der Waals surface area contributed by atoms with E-state index >= 15 is 0 Å². The fourth-order valence-electron chi connectivity index (χ4n) is 9.09. The molecule has 2 nitrogen and oxygen atoms in total. The third-order valence-corrected chi connectivity index (χ3v) is 11.4. The molecule has 3 saturated carbocycles. The summed E-state index contributed by atoms with van der Waals surface area (Å²) in [7, 11) is 0. The number of hydrogen-bond donors (Lipinski definition) is 2. The first-order chi connectivity index (χ1) is 15.7. The van der Waals surface area contributed by atoms with Crippen LogP contribution in [0.5, 0.6) is 0 Å². The molecule has 0 radical (unpaired) electrons. The van der Waals surface area contributed by atoms with Crippen molar-refractivity contribution < 1.29 is 9.84 Å². The van der Waals surface area contributed by atoms with Gasteiger partial charge in [-0.05, 0) is 97.7 Å². The van der Waals surface area contributed by atoms with E-state index in [2.05, 4.69) is 53.3 Å². The Morgan fingerprint density at radius 3 is 2.58 bits per heavy atom. The lowest BCUT2D eigenvalue weighted by atomic mass is 9.47. The number of thiol groups is 1. The van der Waals surface area contributed by atoms with Gasteiger partial charge in [-0.15, -0.1) is 0 Å². The Labute approximate surface area is 210 Å². The number of allylic oxidation sites excluding steroid dienone is 1. The lowest BCUT2D eigenvalue weighted by molar-refractivity contribution is -0.0696. The van der Waals surface area contributed by atoms with E-state index in [9.17, 15) is 5.11 Å². The van der Waals surface area contributed by atoms with Crippen LogP contribution in [0.15, 0.2) is 11.6 Å². The second-order valence-corrected chi connectivity index (χ2v) is 13.7. The molecule has 0 spiro atoms. The molecular formula is C30H52O2S. The SMILES string of the molecule is CC(C)CCC[C@@H](C)[C@H]1CC[C@H]2[C@@H]3CC=C4C[C@@H](OCC(O)CS)CC[C@]4(C)[C@H]3CC[C@]12C. The maximum Gasteiger partial charge on any atom is 0.0861 e. The Hall–Kier alpha value is 0.0100. The molecule has 0 bridgehead atoms. The van der Waals surface area contributed by atoms with Crippen LogP contribution in [0, 0.1) is 46.3 Å². The molecule has 0 amide bonds. The van der Waals surface area contributed by atoms with E-state index in [0.29, 0.717) is 23.2 Å². The molecule has 33 heavy (non-hydrogen) atoms. The summed E-state index contributed by atoms with van der Waals surface area (Å²) in [5, 5.41) is 9.85. The molecule has 9 atom stereocenters. The van der Waals surface area contributed by atoms with Gasteiger partial charge < -0.3 is 9.84 Å². The second-order valence-electron chi connectivity index (χ2n) is 13.3. The van der Waals surface area contributed by atoms with Crippen LogP contribution < -0.4 is 0 Å². The first-order valence-electron chi connectivity index (χ1n) is 14.3. The minimum atomic E-state index is -0.439. The summed E-state index contributed by atoms with van der Waals surface area (Å²) in [6.45, 7) is 13.0. The van der Waals surface area contributed by atoms with Gasteiger partial charge in [-0.25, -0.2) is 0 Å². The molecule has 190 valence electrons. The van der Waals surface area contributed by atoms with Gasteiger partial charge in [0.2, 0.25) is 0 Å². The van der Waals surface area contributed by atoms with Crippen LogP contribution in [0.1, 0.15) is 105 Å². The van der Waals surface area contributed by atoms with Crippen LogP contribution in [0.25, 0.3) is 0 Å². The molecule has 0 saturated heterocycles. The number of rotatable bonds is 9. The minimum absolute atomic E-state index is 0.284. The fraction of sp³-hybridized carbons (Fsp3) is 0.933. The molecule has 0 aliphatic heterocycles. The van der Waals surface area contributed by atoms with Crippen LogP contribution in [0.2, 0.25) is 0 Å². The first-order valence-corrected chi connectivity index (χ1v) is 14.9. The Balaban J connectivity index is 1.42. The molecule has 1 N–H and O–H groups in total. The van der Waals surface area contributed by atoms with Crippen LogP contribution in [-0.4, -0.2) is 29.7 Å². The van der Waals surface area contributed by atoms with Gasteiger partial charge in [0.05, 0.1) is 18.8 Å². The number of aliphatic hydroxyl groups is 1. The van der Waals surface area contributed by atoms with Crippen LogP contribution in [-0.2, 0) is 4.74 Å². The Morgan fingerprint density at radius 1 is 1.06 bits per heavy atom. The minimum Gasteiger partial charge on any atom is -0.390 e. The van der Waals surface area contributed by atoms with Crippen molar-refractivity contribution in [1.29, 1.82) is 0 Å². The summed E-state index contributed by atoms with van der Waals surface area (Å²) in [5.74, 6) is 5.86. The largest absolute Gasteiger partial charge is 0.390 e. The smallest absolute Gasteiger partial charge is 0.0861 e. The highest BCUT2D eigenvalue weighted by Crippen LogP contribution is 2.67. The summed E-state index contributed by atoms with van der Waals surface area (Å²) in [6, 6.07) is 0. The summed E-state index contributed by atoms with van der Waals surface area (Å²) in [4.78, 5) is 0. The predicted octanol–water partition coefficient (Wildman–Crippen LogP) is 7.70. The van der Waals surface area contributed by atoms with Gasteiger partial charge in [-0.2, -0.15) is 12.6 Å². The van der Waals surface area contributed by atoms with Gasteiger partial charge in [0.1, 0.15) is 0 Å². The third-order valence-electron chi connectivity index (χ3n) is 11.0. The zero-order valence-corrected chi connectivity index (χ0v) is 23.1. The highest BCUT2D eigenvalue weighted by Gasteiger charge is 2.59. The average Bonchev–Trinajstić information content (AvgIpc) is 3.14. The molecule has 0 aromatic rings. The fourth-order valence-corrected chi connectivity index (χ4v) is 9.20. The van der Waals surface area contributed by atoms with Crippen molar-refractivity contribution in [3.63, 3.8) is 0 Å². The van der Waals surface area contributed by atoms with E-state index in [1.165, 1.54) is 57.8 Å². The average molecular weight is 477 g/mol. The Morgan fingerprint density at radius 2 is 1.85 bits per heavy atom. The molecule has 4 rings (SSSR count). The Kier molecular flexibility index (Phi) is 8.34. The normalized spacial score (nSPS) is 42.3. The van der Waals surface area contributed by atoms with Gasteiger partial charge >= 0.3 is 0 Å². The van der Waals surface area contributed by atoms with Gasteiger partial charge in [-0.3, -0.25) is 0 Å². The predicted molar refractivity (Wildman–Crippen MR) is 143 cm³/mol. The molecule has 1 unspecified atom stereocenters. The molecule has 3 heteroatoms. The van der Waals surface area contributed by atoms with E-state index in [-0.39, 0.29) is 6.10 Å². The van der Waals surface area contributed by atoms with Crippen molar-refractivity contribution in [2.24, 2.45) is 46.3 Å². The third kappa shape index (κ3) is 5.12. The van der Waals surface area contributed by atoms with Crippen molar-refractivity contribution in [3.8, 4) is 0 Å². The number of aliphatic hydroxyl groups excluding tert-OH is 1. The molecule has 4 aliphatic carbocycles. The van der Waals surface area contributed by atoms with Crippen molar-refractivity contribution >= 4 is 12.6 Å². The van der Waals surface area contributed by atoms with Gasteiger partial charge in [0, 0.05) is 5.75 Å². The standard InChI is InChI=1S/C30H52O2S/c1-20(2)7-6-8-21(3)26-11-12-27-25-10-9-22-17-24(32-18-23(31)19-33)13-15-29(22,4)28(25)14-16-30(26,27)5/h9,20-21,23-28,31,33H,6-8,10-19H2,1-5H3/t21-,23?,24+,25+,26-,27+,28+,29+,30-/m1/s1. The van der Waals surface area contributed by atoms with Gasteiger partial charge in [0.25, 0.3) is 0 Å². The monoisotopic (exact) mass is 476 g/mol. The molecule has 0 heterocycles. The van der Waals surface area contributed by atoms with E-state index < -0.39 is 6.10 Å².